The summed E-state index contributed by atoms with van der Waals surface area (Å²) in [5, 5.41) is 1.68. The van der Waals surface area contributed by atoms with E-state index in [4.69, 9.17) is 10.6 Å². The van der Waals surface area contributed by atoms with Crippen molar-refractivity contribution in [3.05, 3.63) is 29.6 Å². The minimum atomic E-state index is -0.210. The second kappa shape index (κ2) is 4.03. The maximum absolute atomic E-state index is 13.3. The van der Waals surface area contributed by atoms with Crippen LogP contribution in [0.25, 0.3) is 0 Å². The van der Waals surface area contributed by atoms with E-state index in [1.807, 2.05) is 0 Å². The van der Waals surface area contributed by atoms with Gasteiger partial charge in [-0.1, -0.05) is 6.92 Å². The van der Waals surface area contributed by atoms with Gasteiger partial charge in [-0.15, -0.1) is 0 Å². The Morgan fingerprint density at radius 2 is 2.31 bits per heavy atom. The molecule has 2 rings (SSSR count). The number of fused-ring (bicyclic) bond motifs is 1. The van der Waals surface area contributed by atoms with Crippen LogP contribution in [0.15, 0.2) is 18.2 Å². The first kappa shape index (κ1) is 11.4. The average molecular weight is 224 g/mol. The number of halogens is 1. The van der Waals surface area contributed by atoms with Crippen LogP contribution in [-0.4, -0.2) is 20.3 Å². The molecule has 1 unspecified atom stereocenters. The van der Waals surface area contributed by atoms with Gasteiger partial charge < -0.3 is 9.75 Å². The highest BCUT2D eigenvalue weighted by atomic mass is 19.1. The standard InChI is InChI=1S/C12H17FN2O/c1-12(5-6-16-2)8-15(14)11-4-3-9(13)7-10(11)12/h3-4,7H,5-6,8,14H2,1-2H3. The molecule has 0 saturated carbocycles. The van der Waals surface area contributed by atoms with E-state index in [9.17, 15) is 4.39 Å². The number of hydrazine groups is 1. The van der Waals surface area contributed by atoms with Crippen LogP contribution in [0.1, 0.15) is 18.9 Å². The third-order valence-electron chi connectivity index (χ3n) is 3.30. The number of hydrogen-bond acceptors (Lipinski definition) is 3. The molecule has 0 aliphatic carbocycles. The molecule has 0 bridgehead atoms. The summed E-state index contributed by atoms with van der Waals surface area (Å²) in [6, 6.07) is 4.77. The lowest BCUT2D eigenvalue weighted by molar-refractivity contribution is 0.173. The summed E-state index contributed by atoms with van der Waals surface area (Å²) >= 11 is 0. The molecular formula is C12H17FN2O. The Hall–Kier alpha value is -1.13. The minimum Gasteiger partial charge on any atom is -0.385 e. The SMILES string of the molecule is COCCC1(C)CN(N)c2ccc(F)cc21. The molecule has 0 spiro atoms. The molecule has 3 nitrogen and oxygen atoms in total. The van der Waals surface area contributed by atoms with Crippen LogP contribution in [0.2, 0.25) is 0 Å². The van der Waals surface area contributed by atoms with Gasteiger partial charge >= 0.3 is 0 Å². The van der Waals surface area contributed by atoms with E-state index in [-0.39, 0.29) is 11.2 Å². The number of rotatable bonds is 3. The van der Waals surface area contributed by atoms with Gasteiger partial charge in [0.15, 0.2) is 0 Å². The summed E-state index contributed by atoms with van der Waals surface area (Å²) in [6.07, 6.45) is 0.841. The first-order chi connectivity index (χ1) is 7.57. The van der Waals surface area contributed by atoms with Gasteiger partial charge in [0.1, 0.15) is 5.82 Å². The topological polar surface area (TPSA) is 38.5 Å². The molecule has 0 aromatic heterocycles. The fraction of sp³-hybridized carbons (Fsp3) is 0.500. The second-order valence-electron chi connectivity index (χ2n) is 4.59. The van der Waals surface area contributed by atoms with E-state index < -0.39 is 0 Å². The fourth-order valence-corrected chi connectivity index (χ4v) is 2.33. The Bertz CT molecular complexity index is 397. The number of benzene rings is 1. The van der Waals surface area contributed by atoms with Gasteiger partial charge in [0.25, 0.3) is 0 Å². The molecule has 1 heterocycles. The van der Waals surface area contributed by atoms with Crippen molar-refractivity contribution in [2.24, 2.45) is 5.84 Å². The third kappa shape index (κ3) is 1.79. The largest absolute Gasteiger partial charge is 0.385 e. The van der Waals surface area contributed by atoms with Gasteiger partial charge in [-0.2, -0.15) is 0 Å². The number of methoxy groups -OCH3 is 1. The Morgan fingerprint density at radius 3 is 3.00 bits per heavy atom. The molecule has 0 amide bonds. The molecule has 1 atom stereocenters. The molecule has 16 heavy (non-hydrogen) atoms. The maximum Gasteiger partial charge on any atom is 0.123 e. The van der Waals surface area contributed by atoms with E-state index >= 15 is 0 Å². The molecule has 0 fully saturated rings. The zero-order chi connectivity index (χ0) is 11.8. The summed E-state index contributed by atoms with van der Waals surface area (Å²) in [5.41, 5.74) is 1.77. The maximum atomic E-state index is 13.3. The normalized spacial score (nSPS) is 23.6. The zero-order valence-electron chi connectivity index (χ0n) is 9.66. The molecule has 4 heteroatoms. The van der Waals surface area contributed by atoms with Gasteiger partial charge in [-0.25, -0.2) is 10.2 Å². The summed E-state index contributed by atoms with van der Waals surface area (Å²) in [6.45, 7) is 3.45. The van der Waals surface area contributed by atoms with Crippen LogP contribution in [0.4, 0.5) is 10.1 Å². The van der Waals surface area contributed by atoms with E-state index in [0.29, 0.717) is 13.2 Å². The van der Waals surface area contributed by atoms with Crippen molar-refractivity contribution in [3.63, 3.8) is 0 Å². The van der Waals surface area contributed by atoms with Crippen LogP contribution in [0, 0.1) is 5.82 Å². The number of nitrogens with zero attached hydrogens (tertiary/aromatic N) is 1. The quantitative estimate of drug-likeness (QED) is 0.796. The van der Waals surface area contributed by atoms with Gasteiger partial charge in [0.2, 0.25) is 0 Å². The summed E-state index contributed by atoms with van der Waals surface area (Å²) in [4.78, 5) is 0. The summed E-state index contributed by atoms with van der Waals surface area (Å²) in [7, 11) is 1.67. The Morgan fingerprint density at radius 1 is 1.56 bits per heavy atom. The Balaban J connectivity index is 2.36. The highest BCUT2D eigenvalue weighted by Crippen LogP contribution is 2.41. The summed E-state index contributed by atoms with van der Waals surface area (Å²) in [5.74, 6) is 5.70. The summed E-state index contributed by atoms with van der Waals surface area (Å²) < 4.78 is 18.4. The van der Waals surface area contributed by atoms with Crippen LogP contribution in [-0.2, 0) is 10.2 Å². The molecule has 1 aliphatic heterocycles. The van der Waals surface area contributed by atoms with Crippen LogP contribution in [0.3, 0.4) is 0 Å². The Kier molecular flexibility index (Phi) is 2.86. The molecule has 1 aromatic carbocycles. The van der Waals surface area contributed by atoms with E-state index in [2.05, 4.69) is 6.92 Å². The second-order valence-corrected chi connectivity index (χ2v) is 4.59. The van der Waals surface area contributed by atoms with Gasteiger partial charge in [-0.3, -0.25) is 0 Å². The highest BCUT2D eigenvalue weighted by Gasteiger charge is 2.37. The lowest BCUT2D eigenvalue weighted by Crippen LogP contribution is -2.36. The lowest BCUT2D eigenvalue weighted by atomic mass is 9.81. The number of nitrogens with two attached hydrogens (primary N) is 1. The molecular weight excluding hydrogens is 207 g/mol. The van der Waals surface area contributed by atoms with Crippen LogP contribution < -0.4 is 10.9 Å². The van der Waals surface area contributed by atoms with Gasteiger partial charge in [-0.05, 0) is 30.2 Å². The van der Waals surface area contributed by atoms with Crippen molar-refractivity contribution in [3.8, 4) is 0 Å². The zero-order valence-corrected chi connectivity index (χ0v) is 9.66. The minimum absolute atomic E-state index is 0.123. The van der Waals surface area contributed by atoms with Crippen LogP contribution >= 0.6 is 0 Å². The van der Waals surface area contributed by atoms with Crippen molar-refractivity contribution in [1.29, 1.82) is 0 Å². The highest BCUT2D eigenvalue weighted by molar-refractivity contribution is 5.61. The van der Waals surface area contributed by atoms with Gasteiger partial charge in [0, 0.05) is 25.7 Å². The Labute approximate surface area is 95.0 Å². The molecule has 1 aromatic rings. The van der Waals surface area contributed by atoms with Crippen molar-refractivity contribution < 1.29 is 9.13 Å². The molecule has 88 valence electrons. The first-order valence-electron chi connectivity index (χ1n) is 5.38. The third-order valence-corrected chi connectivity index (χ3v) is 3.30. The first-order valence-corrected chi connectivity index (χ1v) is 5.38. The molecule has 1 aliphatic rings. The van der Waals surface area contributed by atoms with E-state index in [0.717, 1.165) is 17.7 Å². The van der Waals surface area contributed by atoms with Crippen molar-refractivity contribution >= 4 is 5.69 Å². The average Bonchev–Trinajstić information content (AvgIpc) is 2.49. The number of hydrogen-bond donors (Lipinski definition) is 1. The molecule has 0 saturated heterocycles. The van der Waals surface area contributed by atoms with Crippen molar-refractivity contribution in [1.82, 2.24) is 0 Å². The fourth-order valence-electron chi connectivity index (χ4n) is 2.33. The predicted octanol–water partition coefficient (Wildman–Crippen LogP) is 1.81. The monoisotopic (exact) mass is 224 g/mol. The predicted molar refractivity (Wildman–Crippen MR) is 61.8 cm³/mol. The smallest absolute Gasteiger partial charge is 0.123 e. The van der Waals surface area contributed by atoms with Crippen molar-refractivity contribution in [2.75, 3.05) is 25.3 Å². The number of ether oxygens (including phenoxy) is 1. The molecule has 2 N–H and O–H groups in total. The molecule has 0 radical (unpaired) electrons. The lowest BCUT2D eigenvalue weighted by Gasteiger charge is -2.24. The van der Waals surface area contributed by atoms with Gasteiger partial charge in [0.05, 0.1) is 5.69 Å². The van der Waals surface area contributed by atoms with E-state index in [1.165, 1.54) is 6.07 Å². The van der Waals surface area contributed by atoms with Crippen LogP contribution in [0.5, 0.6) is 0 Å². The van der Waals surface area contributed by atoms with E-state index in [1.54, 1.807) is 24.3 Å². The number of anilines is 1. The van der Waals surface area contributed by atoms with Crippen molar-refractivity contribution in [2.45, 2.75) is 18.8 Å².